The van der Waals surface area contributed by atoms with Crippen molar-refractivity contribution in [2.45, 2.75) is 138 Å². The quantitative estimate of drug-likeness (QED) is 0.282. The van der Waals surface area contributed by atoms with Crippen molar-refractivity contribution in [3.05, 3.63) is 0 Å². The first-order valence-corrected chi connectivity index (χ1v) is 15.1. The normalized spacial score (nSPS) is 58.0. The van der Waals surface area contributed by atoms with Gasteiger partial charge >= 0.3 is 0 Å². The molecule has 0 aromatic carbocycles. The summed E-state index contributed by atoms with van der Waals surface area (Å²) in [5, 5.41) is 0. The summed E-state index contributed by atoms with van der Waals surface area (Å²) in [4.78, 5) is 0. The van der Waals surface area contributed by atoms with Crippen LogP contribution in [0.25, 0.3) is 0 Å². The second kappa shape index (κ2) is 6.76. The van der Waals surface area contributed by atoms with Crippen LogP contribution in [0.2, 0.25) is 0 Å². The largest absolute Gasteiger partial charge is 0.0853 e. The van der Waals surface area contributed by atoms with E-state index in [1.165, 1.54) is 77.0 Å². The van der Waals surface area contributed by atoms with Crippen LogP contribution in [-0.4, -0.2) is 8.65 Å². The first kappa shape index (κ1) is 21.5. The van der Waals surface area contributed by atoms with Crippen molar-refractivity contribution >= 4 is 31.9 Å². The molecule has 8 fully saturated rings. The maximum Gasteiger partial charge on any atom is 0.0271 e. The summed E-state index contributed by atoms with van der Waals surface area (Å²) in [6.07, 6.45) is 27.3. The van der Waals surface area contributed by atoms with Crippen LogP contribution in [0.5, 0.6) is 0 Å². The van der Waals surface area contributed by atoms with Crippen molar-refractivity contribution in [2.24, 2.45) is 33.5 Å². The maximum absolute atomic E-state index is 4.46. The monoisotopic (exact) mass is 538 g/mol. The van der Waals surface area contributed by atoms with Crippen molar-refractivity contribution < 1.29 is 0 Å². The Labute approximate surface area is 202 Å². The molecule has 0 aromatic heterocycles. The molecule has 0 saturated heterocycles. The Bertz CT molecular complexity index is 659. The Kier molecular flexibility index (Phi) is 4.84. The van der Waals surface area contributed by atoms with E-state index in [0.29, 0.717) is 30.3 Å². The van der Waals surface area contributed by atoms with E-state index in [1.807, 2.05) is 0 Å². The molecule has 8 atom stereocenters. The minimum absolute atomic E-state index is 0.486. The second-order valence-electron chi connectivity index (χ2n) is 14.1. The summed E-state index contributed by atoms with van der Waals surface area (Å²) in [7, 11) is 0. The molecule has 2 heteroatoms. The topological polar surface area (TPSA) is 0 Å². The number of hydrogen-bond acceptors (Lipinski definition) is 0. The van der Waals surface area contributed by atoms with Gasteiger partial charge in [-0.2, -0.15) is 0 Å². The zero-order chi connectivity index (χ0) is 20.9. The van der Waals surface area contributed by atoms with E-state index in [1.54, 1.807) is 38.5 Å². The molecule has 0 N–H and O–H groups in total. The third-order valence-electron chi connectivity index (χ3n) is 11.5. The van der Waals surface area contributed by atoms with Crippen LogP contribution < -0.4 is 0 Å². The van der Waals surface area contributed by atoms with E-state index >= 15 is 0 Å². The summed E-state index contributed by atoms with van der Waals surface area (Å²) in [5.41, 5.74) is 2.66. The smallest absolute Gasteiger partial charge is 0.0271 e. The molecule has 0 spiro atoms. The van der Waals surface area contributed by atoms with Gasteiger partial charge in [0.25, 0.3) is 0 Å². The molecule has 8 rings (SSSR count). The van der Waals surface area contributed by atoms with Crippen LogP contribution in [0.1, 0.15) is 129 Å². The lowest BCUT2D eigenvalue weighted by Crippen LogP contribution is -2.69. The highest BCUT2D eigenvalue weighted by molar-refractivity contribution is 9.10. The van der Waals surface area contributed by atoms with Gasteiger partial charge in [-0.05, 0) is 123 Å². The van der Waals surface area contributed by atoms with Crippen LogP contribution >= 0.6 is 31.9 Å². The Morgan fingerprint density at radius 1 is 0.567 bits per heavy atom. The number of halogens is 2. The van der Waals surface area contributed by atoms with Gasteiger partial charge in [-0.1, -0.05) is 71.4 Å². The van der Waals surface area contributed by atoms with Gasteiger partial charge in [-0.3, -0.25) is 0 Å². The van der Waals surface area contributed by atoms with E-state index < -0.39 is 0 Å². The standard InChI is InChI=1S/C28H44Br2/c1-3-5-7-23-9-21-11-25(15-23,19-27(29,13-21)17-23)26-12-22-10-24(16-26,8-6-4-2)18-28(30,14-22)20-26/h21-22H,3-20H2,1-2H3/t21-,22-,23+,24+,25+,26+,27-,28-/m0/s1. The number of hydrogen-bond donors (Lipinski definition) is 0. The molecule has 0 aliphatic heterocycles. The molecule has 170 valence electrons. The van der Waals surface area contributed by atoms with Gasteiger partial charge in [-0.15, -0.1) is 0 Å². The van der Waals surface area contributed by atoms with Crippen molar-refractivity contribution in [1.29, 1.82) is 0 Å². The average Bonchev–Trinajstić information content (AvgIpc) is 2.61. The summed E-state index contributed by atoms with van der Waals surface area (Å²) in [6, 6.07) is 0. The van der Waals surface area contributed by atoms with Gasteiger partial charge in [-0.25, -0.2) is 0 Å². The molecule has 0 unspecified atom stereocenters. The van der Waals surface area contributed by atoms with Gasteiger partial charge in [0, 0.05) is 8.65 Å². The van der Waals surface area contributed by atoms with Crippen LogP contribution in [0.15, 0.2) is 0 Å². The van der Waals surface area contributed by atoms with Gasteiger partial charge in [0.05, 0.1) is 0 Å². The molecule has 0 radical (unpaired) electrons. The lowest BCUT2D eigenvalue weighted by Gasteiger charge is -2.76. The first-order valence-electron chi connectivity index (χ1n) is 13.6. The SMILES string of the molecule is CCCC[C@]12C[C@@H]3C[C@](Br)(C1)C[C@@]([C@]14C[C@H]5C[C@](Br)(C[C@](CCCC)(C5)C1)C4)(C3)C2. The molecule has 8 bridgehead atoms. The number of unbranched alkanes of at least 4 members (excludes halogenated alkanes) is 2. The third kappa shape index (κ3) is 3.06. The Morgan fingerprint density at radius 3 is 1.37 bits per heavy atom. The summed E-state index contributed by atoms with van der Waals surface area (Å²) < 4.78 is 0.971. The van der Waals surface area contributed by atoms with Crippen LogP contribution in [0, 0.1) is 33.5 Å². The van der Waals surface area contributed by atoms with E-state index in [0.717, 1.165) is 11.8 Å². The predicted octanol–water partition coefficient (Wildman–Crippen LogP) is 9.57. The fraction of sp³-hybridized carbons (Fsp3) is 1.00. The molecule has 8 aliphatic rings. The highest BCUT2D eigenvalue weighted by Crippen LogP contribution is 2.82. The van der Waals surface area contributed by atoms with Crippen molar-refractivity contribution in [2.75, 3.05) is 0 Å². The molecular weight excluding hydrogens is 496 g/mol. The fourth-order valence-corrected chi connectivity index (χ4v) is 15.1. The maximum atomic E-state index is 4.46. The molecular formula is C28H44Br2. The Balaban J connectivity index is 1.40. The van der Waals surface area contributed by atoms with Crippen molar-refractivity contribution in [1.82, 2.24) is 0 Å². The minimum Gasteiger partial charge on any atom is -0.0853 e. The van der Waals surface area contributed by atoms with E-state index in [2.05, 4.69) is 45.7 Å². The first-order chi connectivity index (χ1) is 14.2. The summed E-state index contributed by atoms with van der Waals surface area (Å²) in [6.45, 7) is 4.82. The fourth-order valence-electron chi connectivity index (χ4n) is 11.9. The molecule has 0 heterocycles. The molecule has 30 heavy (non-hydrogen) atoms. The molecule has 0 aromatic rings. The Morgan fingerprint density at radius 2 is 1.00 bits per heavy atom. The zero-order valence-electron chi connectivity index (χ0n) is 19.6. The van der Waals surface area contributed by atoms with Crippen molar-refractivity contribution in [3.8, 4) is 0 Å². The number of rotatable bonds is 7. The highest BCUT2D eigenvalue weighted by Gasteiger charge is 2.73. The van der Waals surface area contributed by atoms with Gasteiger partial charge in [0.15, 0.2) is 0 Å². The lowest BCUT2D eigenvalue weighted by atomic mass is 9.31. The van der Waals surface area contributed by atoms with E-state index in [9.17, 15) is 0 Å². The van der Waals surface area contributed by atoms with E-state index in [-0.39, 0.29) is 0 Å². The molecule has 0 amide bonds. The van der Waals surface area contributed by atoms with Crippen LogP contribution in [0.3, 0.4) is 0 Å². The lowest BCUT2D eigenvalue weighted by molar-refractivity contribution is -0.228. The van der Waals surface area contributed by atoms with Gasteiger partial charge in [0.2, 0.25) is 0 Å². The Hall–Kier alpha value is 0.960. The summed E-state index contributed by atoms with van der Waals surface area (Å²) in [5.74, 6) is 2.03. The van der Waals surface area contributed by atoms with Crippen LogP contribution in [0.4, 0.5) is 0 Å². The minimum atomic E-state index is 0.486. The molecule has 8 aliphatic carbocycles. The molecule has 8 saturated carbocycles. The van der Waals surface area contributed by atoms with Gasteiger partial charge < -0.3 is 0 Å². The third-order valence-corrected chi connectivity index (χ3v) is 13.2. The average molecular weight is 540 g/mol. The van der Waals surface area contributed by atoms with Gasteiger partial charge in [0.1, 0.15) is 0 Å². The summed E-state index contributed by atoms with van der Waals surface area (Å²) >= 11 is 8.91. The number of alkyl halides is 2. The van der Waals surface area contributed by atoms with Crippen molar-refractivity contribution in [3.63, 3.8) is 0 Å². The molecule has 0 nitrogen and oxygen atoms in total. The zero-order valence-corrected chi connectivity index (χ0v) is 22.8. The second-order valence-corrected chi connectivity index (χ2v) is 17.5. The van der Waals surface area contributed by atoms with Crippen LogP contribution in [-0.2, 0) is 0 Å². The predicted molar refractivity (Wildman–Crippen MR) is 134 cm³/mol. The highest BCUT2D eigenvalue weighted by atomic mass is 79.9. The van der Waals surface area contributed by atoms with E-state index in [4.69, 9.17) is 0 Å².